The minimum atomic E-state index is -1.59. The van der Waals surface area contributed by atoms with E-state index in [4.69, 9.17) is 4.74 Å². The van der Waals surface area contributed by atoms with Crippen LogP contribution in [0.25, 0.3) is 0 Å². The van der Waals surface area contributed by atoms with Crippen LogP contribution >= 0.6 is 11.3 Å². The molecule has 2 N–H and O–H groups in total. The van der Waals surface area contributed by atoms with Crippen LogP contribution in [0, 0.1) is 17.5 Å². The van der Waals surface area contributed by atoms with Crippen LogP contribution in [0.2, 0.25) is 0 Å². The Labute approximate surface area is 176 Å². The molecular formula is C18H15F3N4O3S2. The number of hydrogen-bond acceptors (Lipinski definition) is 5. The van der Waals surface area contributed by atoms with Gasteiger partial charge in [-0.1, -0.05) is 17.4 Å². The highest BCUT2D eigenvalue weighted by Crippen LogP contribution is 2.32. The van der Waals surface area contributed by atoms with Gasteiger partial charge < -0.3 is 4.74 Å². The standard InChI is InChI=1S/C18H15F3N4O3S2/c1-22-30(27)12-5-3-4-10(6-12)25(2)18(26)24-17-23-9-15(29-17)28-11-7-13(19)16(21)14(20)8-11/h3-9,22H,1-2H3,(H,23,24,26). The Balaban J connectivity index is 1.68. The quantitative estimate of drug-likeness (QED) is 0.543. The number of amides is 2. The van der Waals surface area contributed by atoms with E-state index in [2.05, 4.69) is 15.0 Å². The summed E-state index contributed by atoms with van der Waals surface area (Å²) in [4.78, 5) is 18.2. The molecule has 0 spiro atoms. The van der Waals surface area contributed by atoms with Gasteiger partial charge in [0.2, 0.25) is 5.06 Å². The van der Waals surface area contributed by atoms with Crippen LogP contribution in [-0.4, -0.2) is 29.3 Å². The number of halogens is 3. The molecule has 30 heavy (non-hydrogen) atoms. The maximum Gasteiger partial charge on any atom is 0.327 e. The molecule has 1 aromatic heterocycles. The smallest absolute Gasteiger partial charge is 0.327 e. The van der Waals surface area contributed by atoms with Crippen molar-refractivity contribution in [3.8, 4) is 10.8 Å². The first-order valence-corrected chi connectivity index (χ1v) is 10.3. The van der Waals surface area contributed by atoms with Crippen molar-refractivity contribution in [1.82, 2.24) is 9.71 Å². The maximum atomic E-state index is 13.3. The number of hydrogen-bond donors (Lipinski definition) is 2. The Morgan fingerprint density at radius 3 is 2.57 bits per heavy atom. The van der Waals surface area contributed by atoms with Crippen molar-refractivity contribution in [2.45, 2.75) is 4.90 Å². The number of aromatic nitrogens is 1. The molecule has 1 atom stereocenters. The molecule has 2 amide bonds. The van der Waals surface area contributed by atoms with E-state index < -0.39 is 34.5 Å². The van der Waals surface area contributed by atoms with E-state index in [1.807, 2.05) is 0 Å². The van der Waals surface area contributed by atoms with Crippen LogP contribution in [0.1, 0.15) is 0 Å². The summed E-state index contributed by atoms with van der Waals surface area (Å²) in [6, 6.07) is 7.47. The van der Waals surface area contributed by atoms with Gasteiger partial charge in [-0.15, -0.1) is 0 Å². The highest BCUT2D eigenvalue weighted by molar-refractivity contribution is 7.83. The number of urea groups is 1. The predicted octanol–water partition coefficient (Wildman–Crippen LogP) is 4.26. The molecule has 1 heterocycles. The molecule has 3 aromatic rings. The number of carbonyl (C=O) groups excluding carboxylic acids is 1. The molecule has 158 valence electrons. The van der Waals surface area contributed by atoms with Crippen LogP contribution < -0.4 is 19.7 Å². The first-order chi connectivity index (χ1) is 14.3. The molecule has 0 aliphatic heterocycles. The van der Waals surface area contributed by atoms with Crippen LogP contribution in [0.3, 0.4) is 0 Å². The molecule has 0 bridgehead atoms. The van der Waals surface area contributed by atoms with Gasteiger partial charge in [0.05, 0.1) is 11.1 Å². The third kappa shape index (κ3) is 4.96. The number of rotatable bonds is 6. The van der Waals surface area contributed by atoms with Crippen LogP contribution in [0.5, 0.6) is 10.8 Å². The number of carbonyl (C=O) groups is 1. The van der Waals surface area contributed by atoms with Crippen molar-refractivity contribution < 1.29 is 26.9 Å². The highest BCUT2D eigenvalue weighted by Gasteiger charge is 2.16. The average Bonchev–Trinajstić information content (AvgIpc) is 3.17. The second kappa shape index (κ2) is 9.24. The number of anilines is 2. The van der Waals surface area contributed by atoms with E-state index in [-0.39, 0.29) is 15.9 Å². The van der Waals surface area contributed by atoms with Crippen molar-refractivity contribution in [3.05, 3.63) is 60.0 Å². The fourth-order valence-electron chi connectivity index (χ4n) is 2.29. The molecule has 3 rings (SSSR count). The second-order valence-electron chi connectivity index (χ2n) is 5.75. The lowest BCUT2D eigenvalue weighted by Crippen LogP contribution is -2.31. The van der Waals surface area contributed by atoms with E-state index in [0.29, 0.717) is 22.7 Å². The average molecular weight is 456 g/mol. The molecule has 7 nitrogen and oxygen atoms in total. The third-order valence-electron chi connectivity index (χ3n) is 3.78. The first-order valence-electron chi connectivity index (χ1n) is 8.30. The van der Waals surface area contributed by atoms with Gasteiger partial charge in [-0.2, -0.15) is 0 Å². The van der Waals surface area contributed by atoms with Crippen molar-refractivity contribution in [2.24, 2.45) is 0 Å². The molecule has 1 unspecified atom stereocenters. The molecule has 0 fully saturated rings. The number of nitrogens with zero attached hydrogens (tertiary/aromatic N) is 2. The zero-order valence-electron chi connectivity index (χ0n) is 15.6. The highest BCUT2D eigenvalue weighted by atomic mass is 32.2. The third-order valence-corrected chi connectivity index (χ3v) is 5.63. The van der Waals surface area contributed by atoms with E-state index >= 15 is 0 Å². The SMILES string of the molecule is CNS(=O)c1cccc(N(C)C(=O)Nc2ncc(Oc3cc(F)c(F)c(F)c3)s2)c1. The Hall–Kier alpha value is -2.96. The van der Waals surface area contributed by atoms with Crippen LogP contribution in [-0.2, 0) is 11.0 Å². The lowest BCUT2D eigenvalue weighted by Gasteiger charge is -2.17. The zero-order valence-corrected chi connectivity index (χ0v) is 17.2. The number of benzene rings is 2. The lowest BCUT2D eigenvalue weighted by atomic mass is 10.3. The first kappa shape index (κ1) is 21.7. The van der Waals surface area contributed by atoms with Gasteiger partial charge in [-0.05, 0) is 25.2 Å². The van der Waals surface area contributed by atoms with E-state index in [0.717, 1.165) is 11.3 Å². The predicted molar refractivity (Wildman–Crippen MR) is 108 cm³/mol. The van der Waals surface area contributed by atoms with Gasteiger partial charge in [0.1, 0.15) is 16.7 Å². The van der Waals surface area contributed by atoms with E-state index in [1.54, 1.807) is 31.3 Å². The summed E-state index contributed by atoms with van der Waals surface area (Å²) < 4.78 is 59.3. The number of ether oxygens (including phenoxy) is 1. The number of nitrogens with one attached hydrogen (secondary N) is 2. The Kier molecular flexibility index (Phi) is 6.70. The molecule has 0 saturated heterocycles. The molecule has 12 heteroatoms. The summed E-state index contributed by atoms with van der Waals surface area (Å²) in [5, 5.41) is 2.85. The Morgan fingerprint density at radius 2 is 1.90 bits per heavy atom. The summed E-state index contributed by atoms with van der Waals surface area (Å²) in [5.41, 5.74) is 0.499. The number of thiazole rings is 1. The summed E-state index contributed by atoms with van der Waals surface area (Å²) in [5.74, 6) is -4.61. The van der Waals surface area contributed by atoms with Gasteiger partial charge in [0, 0.05) is 24.9 Å². The topological polar surface area (TPSA) is 83.6 Å². The lowest BCUT2D eigenvalue weighted by molar-refractivity contribution is 0.258. The molecule has 0 radical (unpaired) electrons. The van der Waals surface area contributed by atoms with Crippen molar-refractivity contribution in [1.29, 1.82) is 0 Å². The molecule has 0 aliphatic rings. The van der Waals surface area contributed by atoms with E-state index in [9.17, 15) is 22.2 Å². The zero-order chi connectivity index (χ0) is 21.8. The van der Waals surface area contributed by atoms with Crippen LogP contribution in [0.4, 0.5) is 28.8 Å². The monoisotopic (exact) mass is 456 g/mol. The normalized spacial score (nSPS) is 11.8. The van der Waals surface area contributed by atoms with Crippen molar-refractivity contribution in [2.75, 3.05) is 24.3 Å². The largest absolute Gasteiger partial charge is 0.445 e. The van der Waals surface area contributed by atoms with Gasteiger partial charge in [-0.3, -0.25) is 10.2 Å². The fraction of sp³-hybridized carbons (Fsp3) is 0.111. The summed E-state index contributed by atoms with van der Waals surface area (Å²) in [6.07, 6.45) is 1.25. The van der Waals surface area contributed by atoms with Crippen LogP contribution in [0.15, 0.2) is 47.5 Å². The molecule has 0 saturated carbocycles. The molecule has 2 aromatic carbocycles. The van der Waals surface area contributed by atoms with E-state index in [1.165, 1.54) is 18.1 Å². The van der Waals surface area contributed by atoms with Crippen molar-refractivity contribution >= 4 is 39.2 Å². The Bertz CT molecular complexity index is 1090. The van der Waals surface area contributed by atoms with Gasteiger partial charge in [0.15, 0.2) is 22.6 Å². The van der Waals surface area contributed by atoms with Crippen molar-refractivity contribution in [3.63, 3.8) is 0 Å². The molecular weight excluding hydrogens is 441 g/mol. The summed E-state index contributed by atoms with van der Waals surface area (Å²) in [7, 11) is 1.67. The van der Waals surface area contributed by atoms with Gasteiger partial charge >= 0.3 is 6.03 Å². The summed E-state index contributed by atoms with van der Waals surface area (Å²) >= 11 is 0.907. The fourth-order valence-corrected chi connectivity index (χ4v) is 3.63. The van der Waals surface area contributed by atoms with Gasteiger partial charge in [0.25, 0.3) is 0 Å². The summed E-state index contributed by atoms with van der Waals surface area (Å²) in [6.45, 7) is 0. The minimum absolute atomic E-state index is 0.129. The maximum absolute atomic E-state index is 13.3. The molecule has 0 aliphatic carbocycles. The minimum Gasteiger partial charge on any atom is -0.445 e. The van der Waals surface area contributed by atoms with Gasteiger partial charge in [-0.25, -0.2) is 31.9 Å². The second-order valence-corrected chi connectivity index (χ2v) is 8.16. The Morgan fingerprint density at radius 1 is 1.20 bits per heavy atom.